The average Bonchev–Trinajstić information content (AvgIpc) is 1.98. The van der Waals surface area contributed by atoms with Gasteiger partial charge in [0.25, 0.3) is 0 Å². The van der Waals surface area contributed by atoms with E-state index in [0.29, 0.717) is 6.42 Å². The fourth-order valence-electron chi connectivity index (χ4n) is 0.703. The Hall–Kier alpha value is -0.620. The molecule has 2 N–H and O–H groups in total. The van der Waals surface area contributed by atoms with Crippen LogP contribution in [0.25, 0.3) is 0 Å². The number of rotatable bonds is 5. The molecule has 0 aromatic carbocycles. The zero-order valence-electron chi connectivity index (χ0n) is 8.70. The van der Waals surface area contributed by atoms with Crippen LogP contribution in [-0.2, 0) is 14.6 Å². The molecule has 84 valence electrons. The molecule has 0 rings (SSSR count). The minimum absolute atomic E-state index is 0.0673. The van der Waals surface area contributed by atoms with Crippen LogP contribution < -0.4 is 5.32 Å². The molecular formula is C8H17NO4S. The monoisotopic (exact) mass is 223 g/mol. The Bertz CT molecular complexity index is 294. The number of sulfone groups is 1. The largest absolute Gasteiger partial charge is 0.388 e. The summed E-state index contributed by atoms with van der Waals surface area (Å²) in [7, 11) is -3.29. The van der Waals surface area contributed by atoms with Crippen LogP contribution >= 0.6 is 0 Å². The Morgan fingerprint density at radius 1 is 1.50 bits per heavy atom. The maximum atomic E-state index is 11.0. The number of amides is 1. The number of nitrogens with one attached hydrogen (secondary N) is 1. The van der Waals surface area contributed by atoms with Gasteiger partial charge in [-0.15, -0.1) is 0 Å². The summed E-state index contributed by atoms with van der Waals surface area (Å²) in [5, 5.41) is 11.9. The minimum atomic E-state index is -3.29. The van der Waals surface area contributed by atoms with Crippen LogP contribution in [0.2, 0.25) is 0 Å². The molecule has 0 bridgehead atoms. The highest BCUT2D eigenvalue weighted by Crippen LogP contribution is 2.05. The summed E-state index contributed by atoms with van der Waals surface area (Å²) in [6, 6.07) is 0. The molecule has 5 nitrogen and oxygen atoms in total. The van der Waals surface area contributed by atoms with Crippen LogP contribution in [-0.4, -0.2) is 43.6 Å². The first-order chi connectivity index (χ1) is 6.16. The number of hydrogen-bond donors (Lipinski definition) is 2. The molecule has 6 heteroatoms. The number of carbonyl (C=O) groups excluding carboxylic acids is 1. The summed E-state index contributed by atoms with van der Waals surface area (Å²) in [6.45, 7) is 3.42. The highest BCUT2D eigenvalue weighted by molar-refractivity contribution is 7.91. The summed E-state index contributed by atoms with van der Waals surface area (Å²) in [5.41, 5.74) is -0.979. The second kappa shape index (κ2) is 4.75. The number of aliphatic hydroxyl groups is 1. The van der Waals surface area contributed by atoms with Gasteiger partial charge in [0.1, 0.15) is 5.75 Å². The zero-order chi connectivity index (χ0) is 11.4. The second-order valence-corrected chi connectivity index (χ2v) is 5.84. The molecule has 1 amide bonds. The molecule has 1 unspecified atom stereocenters. The Morgan fingerprint density at radius 3 is 2.36 bits per heavy atom. The molecule has 0 saturated heterocycles. The van der Waals surface area contributed by atoms with E-state index in [1.54, 1.807) is 13.8 Å². The highest BCUT2D eigenvalue weighted by Gasteiger charge is 2.19. The van der Waals surface area contributed by atoms with Crippen molar-refractivity contribution in [1.29, 1.82) is 0 Å². The topological polar surface area (TPSA) is 83.5 Å². The predicted molar refractivity (Wildman–Crippen MR) is 53.6 cm³/mol. The van der Waals surface area contributed by atoms with Crippen molar-refractivity contribution in [2.45, 2.75) is 25.9 Å². The summed E-state index contributed by atoms with van der Waals surface area (Å²) < 4.78 is 21.4. The molecule has 0 aromatic heterocycles. The van der Waals surface area contributed by atoms with Crippen LogP contribution in [0, 0.1) is 0 Å². The van der Waals surface area contributed by atoms with E-state index < -0.39 is 27.1 Å². The van der Waals surface area contributed by atoms with E-state index in [9.17, 15) is 18.3 Å². The van der Waals surface area contributed by atoms with Crippen LogP contribution in [0.5, 0.6) is 0 Å². The van der Waals surface area contributed by atoms with Gasteiger partial charge in [0.15, 0.2) is 9.84 Å². The van der Waals surface area contributed by atoms with E-state index >= 15 is 0 Å². The molecule has 0 aliphatic heterocycles. The Balaban J connectivity index is 3.99. The molecule has 0 fully saturated rings. The first kappa shape index (κ1) is 13.4. The van der Waals surface area contributed by atoms with Crippen molar-refractivity contribution < 1.29 is 18.3 Å². The summed E-state index contributed by atoms with van der Waals surface area (Å²) >= 11 is 0. The molecular weight excluding hydrogens is 206 g/mol. The van der Waals surface area contributed by atoms with Crippen LogP contribution in [0.3, 0.4) is 0 Å². The van der Waals surface area contributed by atoms with Gasteiger partial charge < -0.3 is 10.4 Å². The predicted octanol–water partition coefficient (Wildman–Crippen LogP) is -0.692. The van der Waals surface area contributed by atoms with Gasteiger partial charge in [0.05, 0.1) is 5.60 Å². The smallest absolute Gasteiger partial charge is 0.235 e. The van der Waals surface area contributed by atoms with Crippen molar-refractivity contribution >= 4 is 15.7 Å². The second-order valence-electron chi connectivity index (χ2n) is 3.70. The Labute approximate surface area is 84.4 Å². The van der Waals surface area contributed by atoms with E-state index in [1.165, 1.54) is 0 Å². The van der Waals surface area contributed by atoms with Crippen molar-refractivity contribution in [3.05, 3.63) is 0 Å². The van der Waals surface area contributed by atoms with E-state index in [2.05, 4.69) is 5.32 Å². The fourth-order valence-corrected chi connectivity index (χ4v) is 1.28. The maximum Gasteiger partial charge on any atom is 0.235 e. The molecule has 0 heterocycles. The third-order valence-corrected chi connectivity index (χ3v) is 2.61. The first-order valence-corrected chi connectivity index (χ1v) is 6.39. The molecule has 0 radical (unpaired) electrons. The van der Waals surface area contributed by atoms with Crippen LogP contribution in [0.1, 0.15) is 20.3 Å². The molecule has 0 aromatic rings. The lowest BCUT2D eigenvalue weighted by Gasteiger charge is -2.21. The summed E-state index contributed by atoms with van der Waals surface area (Å²) in [4.78, 5) is 11.0. The number of carbonyl (C=O) groups is 1. The van der Waals surface area contributed by atoms with Crippen molar-refractivity contribution in [3.63, 3.8) is 0 Å². The zero-order valence-corrected chi connectivity index (χ0v) is 9.52. The number of hydrogen-bond acceptors (Lipinski definition) is 4. The molecule has 1 atom stereocenters. The van der Waals surface area contributed by atoms with E-state index in [0.717, 1.165) is 6.26 Å². The van der Waals surface area contributed by atoms with Crippen molar-refractivity contribution in [2.75, 3.05) is 18.6 Å². The Kier molecular flexibility index (Phi) is 4.54. The van der Waals surface area contributed by atoms with Crippen molar-refractivity contribution in [3.8, 4) is 0 Å². The lowest BCUT2D eigenvalue weighted by Crippen LogP contribution is -2.42. The van der Waals surface area contributed by atoms with Gasteiger partial charge >= 0.3 is 0 Å². The average molecular weight is 223 g/mol. The maximum absolute atomic E-state index is 11.0. The third-order valence-electron chi connectivity index (χ3n) is 1.82. The molecule has 0 saturated carbocycles. The normalized spacial score (nSPS) is 16.0. The molecule has 0 spiro atoms. The standard InChI is InChI=1S/C8H17NO4S/c1-4-8(2,11)6-9-7(10)5-14(3,12)13/h11H,4-6H2,1-3H3,(H,9,10). The van der Waals surface area contributed by atoms with Gasteiger partial charge in [-0.2, -0.15) is 0 Å². The van der Waals surface area contributed by atoms with Crippen molar-refractivity contribution in [1.82, 2.24) is 5.32 Å². The van der Waals surface area contributed by atoms with Gasteiger partial charge in [-0.25, -0.2) is 8.42 Å². The molecule has 14 heavy (non-hydrogen) atoms. The fraction of sp³-hybridized carbons (Fsp3) is 0.875. The lowest BCUT2D eigenvalue weighted by atomic mass is 10.0. The Morgan fingerprint density at radius 2 is 2.00 bits per heavy atom. The summed E-state index contributed by atoms with van der Waals surface area (Å²) in [6.07, 6.45) is 1.48. The van der Waals surface area contributed by atoms with E-state index in [1.807, 2.05) is 0 Å². The van der Waals surface area contributed by atoms with E-state index in [-0.39, 0.29) is 6.54 Å². The quantitative estimate of drug-likeness (QED) is 0.646. The van der Waals surface area contributed by atoms with Crippen LogP contribution in [0.4, 0.5) is 0 Å². The van der Waals surface area contributed by atoms with Gasteiger partial charge in [0, 0.05) is 12.8 Å². The first-order valence-electron chi connectivity index (χ1n) is 4.33. The van der Waals surface area contributed by atoms with Gasteiger partial charge in [-0.3, -0.25) is 4.79 Å². The third kappa shape index (κ3) is 6.85. The van der Waals surface area contributed by atoms with E-state index in [4.69, 9.17) is 0 Å². The van der Waals surface area contributed by atoms with Crippen LogP contribution in [0.15, 0.2) is 0 Å². The van der Waals surface area contributed by atoms with Gasteiger partial charge in [-0.1, -0.05) is 6.92 Å². The summed E-state index contributed by atoms with van der Waals surface area (Å²) in [5.74, 6) is -1.12. The van der Waals surface area contributed by atoms with Gasteiger partial charge in [-0.05, 0) is 13.3 Å². The lowest BCUT2D eigenvalue weighted by molar-refractivity contribution is -0.119. The van der Waals surface area contributed by atoms with Gasteiger partial charge in [0.2, 0.25) is 5.91 Å². The van der Waals surface area contributed by atoms with Crippen molar-refractivity contribution in [2.24, 2.45) is 0 Å². The molecule has 0 aliphatic rings. The SMILES string of the molecule is CCC(C)(O)CNC(=O)CS(C)(=O)=O. The highest BCUT2D eigenvalue weighted by atomic mass is 32.2. The minimum Gasteiger partial charge on any atom is -0.388 e. The molecule has 0 aliphatic carbocycles.